The summed E-state index contributed by atoms with van der Waals surface area (Å²) < 4.78 is 34.2. The molecule has 2 unspecified atom stereocenters. The van der Waals surface area contributed by atoms with Crippen molar-refractivity contribution in [2.24, 2.45) is 0 Å². The van der Waals surface area contributed by atoms with Crippen molar-refractivity contribution in [1.29, 1.82) is 0 Å². The maximum Gasteiger partial charge on any atom is 0.306 e. The predicted molar refractivity (Wildman–Crippen MR) is 323 cm³/mol. The predicted octanol–water partition coefficient (Wildman–Crippen LogP) is 18.1. The zero-order valence-corrected chi connectivity index (χ0v) is 49.5. The van der Waals surface area contributed by atoms with Gasteiger partial charge >= 0.3 is 11.9 Å². The summed E-state index contributed by atoms with van der Waals surface area (Å²) in [5.41, 5.74) is 0. The molecule has 0 aliphatic carbocycles. The van der Waals surface area contributed by atoms with Gasteiger partial charge in [0.15, 0.2) is 6.10 Å². The first-order chi connectivity index (χ1) is 37.0. The Labute approximate surface area is 465 Å². The van der Waals surface area contributed by atoms with E-state index < -0.39 is 32.5 Å². The van der Waals surface area contributed by atoms with E-state index in [0.717, 1.165) is 135 Å². The van der Waals surface area contributed by atoms with Gasteiger partial charge < -0.3 is 27.9 Å². The molecule has 0 aromatic carbocycles. The molecular formula is C66H108NO8P. The number of phosphoric ester groups is 1. The average Bonchev–Trinajstić information content (AvgIpc) is 3.38. The minimum atomic E-state index is -4.66. The van der Waals surface area contributed by atoms with Crippen molar-refractivity contribution in [3.8, 4) is 0 Å². The molecule has 0 heterocycles. The first-order valence-corrected chi connectivity index (χ1v) is 31.0. The van der Waals surface area contributed by atoms with E-state index in [-0.39, 0.29) is 26.1 Å². The molecule has 2 atom stereocenters. The van der Waals surface area contributed by atoms with E-state index in [0.29, 0.717) is 23.9 Å². The van der Waals surface area contributed by atoms with Crippen LogP contribution in [0, 0.1) is 0 Å². The summed E-state index contributed by atoms with van der Waals surface area (Å²) in [6.07, 6.45) is 81.7. The molecule has 0 aromatic heterocycles. The number of hydrogen-bond donors (Lipinski definition) is 0. The minimum Gasteiger partial charge on any atom is -0.756 e. The fourth-order valence-corrected chi connectivity index (χ4v) is 8.10. The fourth-order valence-electron chi connectivity index (χ4n) is 7.37. The van der Waals surface area contributed by atoms with Gasteiger partial charge in [-0.15, -0.1) is 0 Å². The highest BCUT2D eigenvalue weighted by Gasteiger charge is 2.21. The average molecular weight is 1070 g/mol. The van der Waals surface area contributed by atoms with Crippen LogP contribution in [0.1, 0.15) is 206 Å². The third-order valence-electron chi connectivity index (χ3n) is 11.9. The molecule has 0 aromatic rings. The Kier molecular flexibility index (Phi) is 52.6. The number of esters is 2. The van der Waals surface area contributed by atoms with Crippen LogP contribution in [0.25, 0.3) is 0 Å². The molecule has 0 N–H and O–H groups in total. The van der Waals surface area contributed by atoms with Crippen molar-refractivity contribution in [2.45, 2.75) is 213 Å². The summed E-state index contributed by atoms with van der Waals surface area (Å²) in [5, 5.41) is 0. The van der Waals surface area contributed by atoms with Crippen LogP contribution in [-0.2, 0) is 32.7 Å². The molecule has 76 heavy (non-hydrogen) atoms. The van der Waals surface area contributed by atoms with Crippen LogP contribution in [-0.4, -0.2) is 70.0 Å². The van der Waals surface area contributed by atoms with Gasteiger partial charge in [-0.25, -0.2) is 0 Å². The van der Waals surface area contributed by atoms with Crippen LogP contribution >= 0.6 is 7.82 Å². The summed E-state index contributed by atoms with van der Waals surface area (Å²) in [7, 11) is 1.13. The molecule has 0 saturated heterocycles. The first-order valence-electron chi connectivity index (χ1n) is 29.5. The summed E-state index contributed by atoms with van der Waals surface area (Å²) in [6.45, 7) is 3.96. The van der Waals surface area contributed by atoms with E-state index >= 15 is 0 Å². The Balaban J connectivity index is 4.26. The lowest BCUT2D eigenvalue weighted by Crippen LogP contribution is -2.37. The van der Waals surface area contributed by atoms with E-state index in [1.54, 1.807) is 0 Å². The van der Waals surface area contributed by atoms with Crippen molar-refractivity contribution < 1.29 is 42.1 Å². The van der Waals surface area contributed by atoms with Gasteiger partial charge in [-0.1, -0.05) is 224 Å². The molecule has 0 rings (SSSR count). The number of unbranched alkanes of at least 4 members (excludes halogenated alkanes) is 14. The van der Waals surface area contributed by atoms with E-state index in [2.05, 4.69) is 160 Å². The third-order valence-corrected chi connectivity index (χ3v) is 12.8. The highest BCUT2D eigenvalue weighted by Crippen LogP contribution is 2.38. The normalized spacial score (nSPS) is 14.3. The number of phosphoric acid groups is 1. The van der Waals surface area contributed by atoms with E-state index in [1.165, 1.54) is 32.1 Å². The summed E-state index contributed by atoms with van der Waals surface area (Å²) in [5.74, 6) is -0.871. The number of carbonyl (C=O) groups excluding carboxylic acids is 2. The molecule has 9 nitrogen and oxygen atoms in total. The van der Waals surface area contributed by atoms with Crippen LogP contribution in [0.2, 0.25) is 0 Å². The lowest BCUT2D eigenvalue weighted by molar-refractivity contribution is -0.870. The molecule has 0 amide bonds. The number of nitrogens with zero attached hydrogens (tertiary/aromatic N) is 1. The Morgan fingerprint density at radius 3 is 1.05 bits per heavy atom. The molecule has 0 fully saturated rings. The summed E-state index contributed by atoms with van der Waals surface area (Å²) in [4.78, 5) is 37.9. The van der Waals surface area contributed by atoms with Crippen molar-refractivity contribution in [1.82, 2.24) is 0 Å². The topological polar surface area (TPSA) is 111 Å². The Morgan fingerprint density at radius 1 is 0.408 bits per heavy atom. The lowest BCUT2D eigenvalue weighted by atomic mass is 10.1. The first kappa shape index (κ1) is 71.9. The van der Waals surface area contributed by atoms with Crippen LogP contribution < -0.4 is 4.89 Å². The Bertz CT molecular complexity index is 1790. The van der Waals surface area contributed by atoms with Crippen LogP contribution in [0.5, 0.6) is 0 Å². The van der Waals surface area contributed by atoms with Gasteiger partial charge in [0.2, 0.25) is 0 Å². The maximum absolute atomic E-state index is 12.8. The zero-order chi connectivity index (χ0) is 55.6. The molecule has 0 saturated carbocycles. The monoisotopic (exact) mass is 1070 g/mol. The molecule has 10 heteroatoms. The molecular weight excluding hydrogens is 966 g/mol. The number of rotatable bonds is 52. The van der Waals surface area contributed by atoms with E-state index in [9.17, 15) is 19.0 Å². The molecule has 0 aliphatic heterocycles. The third kappa shape index (κ3) is 59.1. The second-order valence-electron chi connectivity index (χ2n) is 20.2. The zero-order valence-electron chi connectivity index (χ0n) is 48.6. The van der Waals surface area contributed by atoms with Gasteiger partial charge in [0.05, 0.1) is 27.7 Å². The fraction of sp³-hybridized carbons (Fsp3) is 0.606. The van der Waals surface area contributed by atoms with Crippen molar-refractivity contribution in [3.05, 3.63) is 146 Å². The number of hydrogen-bond acceptors (Lipinski definition) is 8. The second-order valence-corrected chi connectivity index (χ2v) is 21.7. The maximum atomic E-state index is 12.8. The molecule has 430 valence electrons. The number of likely N-dealkylation sites (N-methyl/N-ethyl adjacent to an activating group) is 1. The molecule has 0 radical (unpaired) electrons. The quantitative estimate of drug-likeness (QED) is 0.0195. The van der Waals surface area contributed by atoms with Gasteiger partial charge in [-0.2, -0.15) is 0 Å². The second kappa shape index (κ2) is 55.6. The molecule has 0 aliphatic rings. The van der Waals surface area contributed by atoms with Gasteiger partial charge in [0.1, 0.15) is 19.8 Å². The van der Waals surface area contributed by atoms with Crippen molar-refractivity contribution >= 4 is 19.8 Å². The molecule has 0 bridgehead atoms. The van der Waals surface area contributed by atoms with Gasteiger partial charge in [0.25, 0.3) is 7.82 Å². The van der Waals surface area contributed by atoms with Crippen LogP contribution in [0.3, 0.4) is 0 Å². The van der Waals surface area contributed by atoms with Crippen LogP contribution in [0.15, 0.2) is 146 Å². The minimum absolute atomic E-state index is 0.0440. The number of allylic oxidation sites excluding steroid dienone is 24. The number of ether oxygens (including phenoxy) is 2. The lowest BCUT2D eigenvalue weighted by Gasteiger charge is -2.28. The number of quaternary nitrogens is 1. The van der Waals surface area contributed by atoms with Gasteiger partial charge in [0, 0.05) is 12.8 Å². The Morgan fingerprint density at radius 2 is 0.711 bits per heavy atom. The van der Waals surface area contributed by atoms with E-state index in [4.69, 9.17) is 18.5 Å². The summed E-state index contributed by atoms with van der Waals surface area (Å²) >= 11 is 0. The SMILES string of the molecule is CC/C=C\C/C=C\C/C=C\C/C=C\C/C=C\C/C=C\C/C=C\CCCCCCCCCC(=O)OC(COC(=O)CCCCCCCCC/C=C\C/C=C\C/C=C\C/C=C\C/C=C\CC)COP(=O)([O-])OCC[N+](C)(C)C. The van der Waals surface area contributed by atoms with Gasteiger partial charge in [-0.3, -0.25) is 14.2 Å². The molecule has 0 spiro atoms. The van der Waals surface area contributed by atoms with Gasteiger partial charge in [-0.05, 0) is 116 Å². The number of carbonyl (C=O) groups is 2. The highest BCUT2D eigenvalue weighted by atomic mass is 31.2. The standard InChI is InChI=1S/C66H108NO8P/c1-6-8-10-12-14-16-18-20-22-24-26-28-30-31-32-33-34-35-37-39-41-43-45-47-49-51-53-55-57-59-66(69)75-64(63-74-76(70,71)73-61-60-67(3,4)5)62-72-65(68)58-56-54-52-50-48-46-44-42-40-38-36-29-27-25-23-21-19-17-15-13-11-9-7-2/h8-11,14-17,20-23,26-29,31-32,34-35,38-41,64H,6-7,12-13,18-19,24-25,30,33,36-37,42-63H2,1-5H3/b10-8-,11-9-,16-14-,17-15-,22-20-,23-21-,28-26-,29-27-,32-31-,35-34-,40-38-,41-39-. The largest absolute Gasteiger partial charge is 0.756 e. The Hall–Kier alpha value is -4.11. The smallest absolute Gasteiger partial charge is 0.306 e. The van der Waals surface area contributed by atoms with Crippen molar-refractivity contribution in [3.63, 3.8) is 0 Å². The van der Waals surface area contributed by atoms with Crippen molar-refractivity contribution in [2.75, 3.05) is 47.5 Å². The van der Waals surface area contributed by atoms with E-state index in [1.807, 2.05) is 21.1 Å². The highest BCUT2D eigenvalue weighted by molar-refractivity contribution is 7.45. The van der Waals surface area contributed by atoms with Crippen LogP contribution in [0.4, 0.5) is 0 Å². The summed E-state index contributed by atoms with van der Waals surface area (Å²) in [6, 6.07) is 0.